The molecule has 0 amide bonds. The van der Waals surface area contributed by atoms with E-state index in [9.17, 15) is 4.79 Å². The van der Waals surface area contributed by atoms with E-state index in [-0.39, 0.29) is 11.5 Å². The Bertz CT molecular complexity index is 660. The number of carbonyl (C=O) groups is 1. The first-order chi connectivity index (χ1) is 9.10. The second kappa shape index (κ2) is 5.74. The van der Waals surface area contributed by atoms with Gasteiger partial charge in [-0.2, -0.15) is 5.26 Å². The number of benzene rings is 1. The highest BCUT2D eigenvalue weighted by Crippen LogP contribution is 2.24. The molecular weight excluding hydrogens is 286 g/mol. The number of hydrogen-bond donors (Lipinski definition) is 1. The summed E-state index contributed by atoms with van der Waals surface area (Å²) in [7, 11) is 0. The fourth-order valence-corrected chi connectivity index (χ4v) is 2.30. The van der Waals surface area contributed by atoms with E-state index in [2.05, 4.69) is 0 Å². The summed E-state index contributed by atoms with van der Waals surface area (Å²) in [5, 5.41) is 19.6. The zero-order chi connectivity index (χ0) is 13.8. The van der Waals surface area contributed by atoms with Crippen LogP contribution < -0.4 is 4.74 Å². The molecule has 0 aliphatic heterocycles. The molecule has 0 radical (unpaired) electrons. The van der Waals surface area contributed by atoms with Gasteiger partial charge in [-0.3, -0.25) is 0 Å². The lowest BCUT2D eigenvalue weighted by atomic mass is 10.1. The minimum atomic E-state index is -0.976. The van der Waals surface area contributed by atoms with Crippen LogP contribution in [0.4, 0.5) is 0 Å². The zero-order valence-electron chi connectivity index (χ0n) is 9.59. The van der Waals surface area contributed by atoms with Crippen LogP contribution in [0.5, 0.6) is 5.75 Å². The highest BCUT2D eigenvalue weighted by atomic mass is 35.5. The van der Waals surface area contributed by atoms with Gasteiger partial charge in [-0.1, -0.05) is 17.7 Å². The maximum Gasteiger partial charge on any atom is 0.346 e. The highest BCUT2D eigenvalue weighted by molar-refractivity contribution is 7.12. The first kappa shape index (κ1) is 13.4. The van der Waals surface area contributed by atoms with Gasteiger partial charge < -0.3 is 9.84 Å². The van der Waals surface area contributed by atoms with Gasteiger partial charge in [0.25, 0.3) is 0 Å². The summed E-state index contributed by atoms with van der Waals surface area (Å²) in [5.74, 6) is -0.487. The third kappa shape index (κ3) is 3.25. The molecule has 4 nitrogen and oxygen atoms in total. The number of nitrogens with zero attached hydrogens (tertiary/aromatic N) is 1. The predicted molar refractivity (Wildman–Crippen MR) is 71.8 cm³/mol. The molecule has 0 unspecified atom stereocenters. The maximum atomic E-state index is 10.7. The van der Waals surface area contributed by atoms with Gasteiger partial charge in [0.15, 0.2) is 0 Å². The number of thiophene rings is 1. The third-order valence-corrected chi connectivity index (χ3v) is 3.61. The number of rotatable bonds is 4. The molecule has 1 heterocycles. The first-order valence-electron chi connectivity index (χ1n) is 5.23. The number of ether oxygens (including phenoxy) is 1. The monoisotopic (exact) mass is 293 g/mol. The standard InChI is InChI=1S/C13H8ClNO3S/c14-11-3-8(5-15)1-2-9(11)6-18-10-4-12(13(16)17)19-7-10/h1-4,7H,6H2,(H,16,17). The van der Waals surface area contributed by atoms with Crippen molar-refractivity contribution in [2.24, 2.45) is 0 Å². The van der Waals surface area contributed by atoms with Gasteiger partial charge in [0.2, 0.25) is 0 Å². The Hall–Kier alpha value is -2.03. The quantitative estimate of drug-likeness (QED) is 0.936. The molecule has 0 atom stereocenters. The van der Waals surface area contributed by atoms with Crippen LogP contribution in [0.15, 0.2) is 29.6 Å². The average molecular weight is 294 g/mol. The predicted octanol–water partition coefficient (Wildman–Crippen LogP) is 3.55. The lowest BCUT2D eigenvalue weighted by Crippen LogP contribution is -1.96. The summed E-state index contributed by atoms with van der Waals surface area (Å²) in [6, 6.07) is 8.39. The Kier molecular flexibility index (Phi) is 4.05. The summed E-state index contributed by atoms with van der Waals surface area (Å²) < 4.78 is 5.46. The molecule has 0 saturated heterocycles. The highest BCUT2D eigenvalue weighted by Gasteiger charge is 2.08. The lowest BCUT2D eigenvalue weighted by Gasteiger charge is -2.06. The van der Waals surface area contributed by atoms with Crippen molar-refractivity contribution in [3.63, 3.8) is 0 Å². The molecule has 0 bridgehead atoms. The summed E-state index contributed by atoms with van der Waals surface area (Å²) in [6.45, 7) is 0.223. The van der Waals surface area contributed by atoms with Crippen LogP contribution in [-0.2, 0) is 6.61 Å². The van der Waals surface area contributed by atoms with Crippen LogP contribution in [0.25, 0.3) is 0 Å². The largest absolute Gasteiger partial charge is 0.488 e. The van der Waals surface area contributed by atoms with E-state index in [1.54, 1.807) is 23.6 Å². The van der Waals surface area contributed by atoms with Crippen molar-refractivity contribution in [2.45, 2.75) is 6.61 Å². The van der Waals surface area contributed by atoms with Crippen LogP contribution in [-0.4, -0.2) is 11.1 Å². The second-order valence-electron chi connectivity index (χ2n) is 3.66. The Balaban J connectivity index is 2.06. The SMILES string of the molecule is N#Cc1ccc(COc2csc(C(=O)O)c2)c(Cl)c1. The van der Waals surface area contributed by atoms with E-state index in [4.69, 9.17) is 26.7 Å². The van der Waals surface area contributed by atoms with Gasteiger partial charge in [-0.15, -0.1) is 11.3 Å². The molecule has 0 aliphatic carbocycles. The van der Waals surface area contributed by atoms with Crippen molar-refractivity contribution in [3.05, 3.63) is 50.7 Å². The Morgan fingerprint density at radius 1 is 1.47 bits per heavy atom. The minimum absolute atomic E-state index is 0.223. The van der Waals surface area contributed by atoms with Crippen molar-refractivity contribution in [1.29, 1.82) is 5.26 Å². The van der Waals surface area contributed by atoms with Crippen LogP contribution in [0.3, 0.4) is 0 Å². The molecule has 0 fully saturated rings. The number of carboxylic acids is 1. The Morgan fingerprint density at radius 2 is 2.26 bits per heavy atom. The summed E-state index contributed by atoms with van der Waals surface area (Å²) in [6.07, 6.45) is 0. The van der Waals surface area contributed by atoms with Gasteiger partial charge in [-0.05, 0) is 12.1 Å². The zero-order valence-corrected chi connectivity index (χ0v) is 11.2. The van der Waals surface area contributed by atoms with Gasteiger partial charge >= 0.3 is 5.97 Å². The second-order valence-corrected chi connectivity index (χ2v) is 4.98. The summed E-state index contributed by atoms with van der Waals surface area (Å²) in [4.78, 5) is 10.9. The van der Waals surface area contributed by atoms with Gasteiger partial charge in [0.1, 0.15) is 17.2 Å². The molecule has 6 heteroatoms. The van der Waals surface area contributed by atoms with Gasteiger partial charge in [-0.25, -0.2) is 4.79 Å². The normalized spacial score (nSPS) is 9.89. The summed E-state index contributed by atoms with van der Waals surface area (Å²) in [5.41, 5.74) is 1.22. The molecule has 1 N–H and O–H groups in total. The van der Waals surface area contributed by atoms with Crippen molar-refractivity contribution in [2.75, 3.05) is 0 Å². The van der Waals surface area contributed by atoms with E-state index in [0.29, 0.717) is 16.3 Å². The molecular formula is C13H8ClNO3S. The molecule has 19 heavy (non-hydrogen) atoms. The summed E-state index contributed by atoms with van der Waals surface area (Å²) >= 11 is 7.11. The molecule has 0 saturated carbocycles. The molecule has 0 aliphatic rings. The molecule has 96 valence electrons. The molecule has 1 aromatic carbocycles. The molecule has 1 aromatic heterocycles. The number of aromatic carboxylic acids is 1. The Morgan fingerprint density at radius 3 is 2.84 bits per heavy atom. The molecule has 2 rings (SSSR count). The van der Waals surface area contributed by atoms with E-state index in [0.717, 1.165) is 16.9 Å². The molecule has 0 spiro atoms. The maximum absolute atomic E-state index is 10.7. The fraction of sp³-hybridized carbons (Fsp3) is 0.0769. The van der Waals surface area contributed by atoms with Crippen LogP contribution in [0.1, 0.15) is 20.8 Å². The lowest BCUT2D eigenvalue weighted by molar-refractivity contribution is 0.0702. The smallest absolute Gasteiger partial charge is 0.346 e. The minimum Gasteiger partial charge on any atom is -0.488 e. The van der Waals surface area contributed by atoms with Crippen molar-refractivity contribution in [1.82, 2.24) is 0 Å². The van der Waals surface area contributed by atoms with E-state index in [1.807, 2.05) is 6.07 Å². The first-order valence-corrected chi connectivity index (χ1v) is 6.49. The van der Waals surface area contributed by atoms with Crippen molar-refractivity contribution in [3.8, 4) is 11.8 Å². The fourth-order valence-electron chi connectivity index (χ4n) is 1.40. The average Bonchev–Trinajstić information content (AvgIpc) is 2.86. The van der Waals surface area contributed by atoms with Crippen molar-refractivity contribution >= 4 is 28.9 Å². The van der Waals surface area contributed by atoms with E-state index < -0.39 is 5.97 Å². The molecule has 2 aromatic rings. The van der Waals surface area contributed by atoms with Gasteiger partial charge in [0.05, 0.1) is 11.6 Å². The van der Waals surface area contributed by atoms with E-state index in [1.165, 1.54) is 6.07 Å². The third-order valence-electron chi connectivity index (χ3n) is 2.36. The number of carboxylic acid groups (broad SMARTS) is 1. The van der Waals surface area contributed by atoms with Crippen LogP contribution in [0, 0.1) is 11.3 Å². The Labute approximate surface area is 118 Å². The van der Waals surface area contributed by atoms with Crippen LogP contribution >= 0.6 is 22.9 Å². The number of nitriles is 1. The topological polar surface area (TPSA) is 70.3 Å². The van der Waals surface area contributed by atoms with Crippen LogP contribution in [0.2, 0.25) is 5.02 Å². The number of hydrogen-bond acceptors (Lipinski definition) is 4. The number of halogens is 1. The van der Waals surface area contributed by atoms with E-state index >= 15 is 0 Å². The van der Waals surface area contributed by atoms with Crippen molar-refractivity contribution < 1.29 is 14.6 Å². The van der Waals surface area contributed by atoms with Gasteiger partial charge in [0, 0.05) is 22.0 Å².